The predicted molar refractivity (Wildman–Crippen MR) is 168 cm³/mol. The third kappa shape index (κ3) is 8.95. The molecule has 4 aromatic carbocycles. The summed E-state index contributed by atoms with van der Waals surface area (Å²) in [7, 11) is 4.11. The smallest absolute Gasteiger partial charge is 0.0326 e. The number of aromatic amines is 2. The summed E-state index contributed by atoms with van der Waals surface area (Å²) in [5, 5.41) is 12.1. The Morgan fingerprint density at radius 3 is 1.20 bits per heavy atom. The summed E-state index contributed by atoms with van der Waals surface area (Å²) >= 11 is 0. The molecule has 2 aliphatic rings. The third-order valence-electron chi connectivity index (χ3n) is 6.25. The van der Waals surface area contributed by atoms with Crippen molar-refractivity contribution in [2.45, 2.75) is 0 Å². The average Bonchev–Trinajstić information content (AvgIpc) is 3.89. The van der Waals surface area contributed by atoms with Crippen molar-refractivity contribution in [2.24, 2.45) is 0 Å². The number of aromatic nitrogens is 4. The van der Waals surface area contributed by atoms with Crippen LogP contribution < -0.4 is 19.6 Å². The van der Waals surface area contributed by atoms with Gasteiger partial charge in [0.1, 0.15) is 0 Å². The second-order valence-corrected chi connectivity index (χ2v) is 9.07. The van der Waals surface area contributed by atoms with Gasteiger partial charge in [0.15, 0.2) is 0 Å². The number of benzene rings is 4. The maximum atomic E-state index is 3.47. The molecular formula is C34H30N8Pt2-6. The molecular weight excluding hydrogens is 911 g/mol. The molecule has 0 aliphatic carbocycles. The molecule has 10 heteroatoms. The number of rotatable bonds is 2. The third-order valence-corrected chi connectivity index (χ3v) is 6.25. The molecule has 232 valence electrons. The van der Waals surface area contributed by atoms with E-state index in [2.05, 4.69) is 153 Å². The van der Waals surface area contributed by atoms with E-state index in [1.165, 1.54) is 22.7 Å². The Hall–Kier alpha value is -4.12. The van der Waals surface area contributed by atoms with Gasteiger partial charge in [-0.05, 0) is 38.4 Å². The Morgan fingerprint density at radius 1 is 0.523 bits per heavy atom. The van der Waals surface area contributed by atoms with Crippen LogP contribution in [-0.4, -0.2) is 34.5 Å². The van der Waals surface area contributed by atoms with Gasteiger partial charge in [0.05, 0.1) is 0 Å². The van der Waals surface area contributed by atoms with E-state index in [9.17, 15) is 0 Å². The van der Waals surface area contributed by atoms with Crippen LogP contribution in [0.15, 0.2) is 122 Å². The van der Waals surface area contributed by atoms with Gasteiger partial charge >= 0.3 is 0 Å². The van der Waals surface area contributed by atoms with Crippen molar-refractivity contribution in [3.63, 3.8) is 0 Å². The van der Waals surface area contributed by atoms with Crippen LogP contribution in [0, 0.1) is 37.9 Å². The van der Waals surface area contributed by atoms with Gasteiger partial charge in [0.25, 0.3) is 0 Å². The first kappa shape index (κ1) is 34.4. The summed E-state index contributed by atoms with van der Waals surface area (Å²) in [4.78, 5) is 8.54. The topological polar surface area (TPSA) is 70.3 Å². The molecule has 0 fully saturated rings. The van der Waals surface area contributed by atoms with Crippen molar-refractivity contribution in [1.29, 1.82) is 0 Å². The normalized spacial score (nSPS) is 12.0. The van der Waals surface area contributed by atoms with E-state index in [0.717, 1.165) is 11.4 Å². The molecule has 8 nitrogen and oxygen atoms in total. The quantitative estimate of drug-likeness (QED) is 0.187. The molecule has 2 aromatic heterocycles. The van der Waals surface area contributed by atoms with Crippen LogP contribution in [0.2, 0.25) is 0 Å². The van der Waals surface area contributed by atoms with Gasteiger partial charge in [-0.3, -0.25) is 0 Å². The Balaban J connectivity index is 0.000000177. The van der Waals surface area contributed by atoms with E-state index in [4.69, 9.17) is 0 Å². The van der Waals surface area contributed by atoms with Gasteiger partial charge < -0.3 is 40.0 Å². The van der Waals surface area contributed by atoms with Crippen LogP contribution in [0.5, 0.6) is 0 Å². The largest absolute Gasteiger partial charge is 0.504 e. The van der Waals surface area contributed by atoms with Gasteiger partial charge in [-0.1, -0.05) is 24.3 Å². The molecule has 0 saturated heterocycles. The summed E-state index contributed by atoms with van der Waals surface area (Å²) in [6.45, 7) is 4.16. The Labute approximate surface area is 288 Å². The molecule has 8 rings (SSSR count). The maximum absolute atomic E-state index is 3.47. The zero-order valence-corrected chi connectivity index (χ0v) is 28.6. The fourth-order valence-electron chi connectivity index (χ4n) is 4.35. The van der Waals surface area contributed by atoms with E-state index in [0.29, 0.717) is 0 Å². The minimum atomic E-state index is 0. The second-order valence-electron chi connectivity index (χ2n) is 9.07. The van der Waals surface area contributed by atoms with Crippen LogP contribution in [0.25, 0.3) is 0 Å². The molecule has 0 bridgehead atoms. The summed E-state index contributed by atoms with van der Waals surface area (Å²) < 4.78 is 0. The molecule has 4 heterocycles. The standard InChI is InChI=1S/2C14H12N2.2C3H3N2.2Pt/c2*1-15-11-16(12-7-3-2-4-8-12)14-10-6-5-9-13(14)15;2*1-2-4-5-3-1;;/h2*2-7,9-11H,1H3;2*1-2H,(H,4,5);;/q2*-2;2*-1;;. The Bertz CT molecular complexity index is 1430. The minimum Gasteiger partial charge on any atom is -0.504 e. The summed E-state index contributed by atoms with van der Waals surface area (Å²) in [6, 6.07) is 42.6. The predicted octanol–water partition coefficient (Wildman–Crippen LogP) is 6.80. The summed E-state index contributed by atoms with van der Waals surface area (Å²) in [5.74, 6) is 0. The number of fused-ring (bicyclic) bond motifs is 2. The van der Waals surface area contributed by atoms with E-state index < -0.39 is 0 Å². The number of hydrogen-bond acceptors (Lipinski definition) is 6. The van der Waals surface area contributed by atoms with Crippen LogP contribution >= 0.6 is 0 Å². The van der Waals surface area contributed by atoms with Crippen molar-refractivity contribution in [3.05, 3.63) is 159 Å². The molecule has 2 N–H and O–H groups in total. The van der Waals surface area contributed by atoms with Crippen molar-refractivity contribution < 1.29 is 42.1 Å². The van der Waals surface area contributed by atoms with Crippen LogP contribution in [0.1, 0.15) is 0 Å². The minimum absolute atomic E-state index is 0. The van der Waals surface area contributed by atoms with Gasteiger partial charge in [-0.15, -0.1) is 36.2 Å². The molecule has 0 saturated carbocycles. The fraction of sp³-hybridized carbons (Fsp3) is 0.0588. The summed E-state index contributed by atoms with van der Waals surface area (Å²) in [6.07, 6.45) is 8.53. The van der Waals surface area contributed by atoms with E-state index in [1.807, 2.05) is 36.4 Å². The number of anilines is 6. The molecule has 0 amide bonds. The molecule has 0 radical (unpaired) electrons. The number of hydrogen-bond donors (Lipinski definition) is 2. The summed E-state index contributed by atoms with van der Waals surface area (Å²) in [5.41, 5.74) is 6.98. The average molecular weight is 941 g/mol. The van der Waals surface area contributed by atoms with E-state index in [-0.39, 0.29) is 42.1 Å². The number of nitrogens with one attached hydrogen (secondary N) is 2. The molecule has 0 atom stereocenters. The first-order chi connectivity index (χ1) is 20.7. The van der Waals surface area contributed by atoms with Gasteiger partial charge in [0, 0.05) is 64.9 Å². The van der Waals surface area contributed by atoms with Crippen LogP contribution in [-0.2, 0) is 42.1 Å². The fourth-order valence-corrected chi connectivity index (χ4v) is 4.35. The number of nitrogens with zero attached hydrogens (tertiary/aromatic N) is 6. The van der Waals surface area contributed by atoms with Crippen LogP contribution in [0.3, 0.4) is 0 Å². The van der Waals surface area contributed by atoms with E-state index >= 15 is 0 Å². The molecule has 0 unspecified atom stereocenters. The zero-order chi connectivity index (χ0) is 29.0. The molecule has 44 heavy (non-hydrogen) atoms. The Morgan fingerprint density at radius 2 is 0.909 bits per heavy atom. The number of H-pyrrole nitrogens is 2. The number of para-hydroxylation sites is 6. The maximum Gasteiger partial charge on any atom is 0.0326 e. The monoisotopic (exact) mass is 940 g/mol. The molecule has 2 aliphatic heterocycles. The second kappa shape index (κ2) is 17.9. The first-order valence-corrected chi connectivity index (χ1v) is 13.3. The van der Waals surface area contributed by atoms with Crippen molar-refractivity contribution in [1.82, 2.24) is 20.4 Å². The van der Waals surface area contributed by atoms with Gasteiger partial charge in [-0.25, -0.2) is 0 Å². The van der Waals surface area contributed by atoms with Gasteiger partial charge in [-0.2, -0.15) is 86.1 Å². The van der Waals surface area contributed by atoms with Gasteiger partial charge in [0.2, 0.25) is 0 Å². The van der Waals surface area contributed by atoms with Crippen molar-refractivity contribution in [3.8, 4) is 0 Å². The molecule has 0 spiro atoms. The first-order valence-electron chi connectivity index (χ1n) is 13.3. The van der Waals surface area contributed by atoms with E-state index in [1.54, 1.807) is 24.5 Å². The Kier molecular flexibility index (Phi) is 14.0. The zero-order valence-electron chi connectivity index (χ0n) is 24.0. The van der Waals surface area contributed by atoms with Crippen molar-refractivity contribution >= 4 is 34.1 Å². The van der Waals surface area contributed by atoms with Crippen molar-refractivity contribution in [2.75, 3.05) is 33.7 Å². The molecule has 6 aromatic rings. The SMILES string of the molecule is CN1[CH-]N(c2[c-]cccc2)c2ccccc21.CN1[CH-]N(c2[c-]cccc2)c2ccccc21.[Pt].[Pt].[c-]1cc[nH]n1.[c-]1cc[nH]n1. The van der Waals surface area contributed by atoms with Crippen LogP contribution in [0.4, 0.5) is 34.1 Å².